The predicted molar refractivity (Wildman–Crippen MR) is 238 cm³/mol. The van der Waals surface area contributed by atoms with Crippen LogP contribution in [0, 0.1) is 0 Å². The number of nitrogens with zero attached hydrogens (tertiary/aromatic N) is 2. The molecule has 0 aliphatic heterocycles. The fourth-order valence-electron chi connectivity index (χ4n) is 8.64. The van der Waals surface area contributed by atoms with Crippen LogP contribution in [0.3, 0.4) is 0 Å². The van der Waals surface area contributed by atoms with Gasteiger partial charge in [-0.3, -0.25) is 0 Å². The van der Waals surface area contributed by atoms with Gasteiger partial charge in [-0.1, -0.05) is 158 Å². The Labute approximate surface area is 326 Å². The second-order valence-electron chi connectivity index (χ2n) is 14.6. The molecule has 11 rings (SSSR count). The first kappa shape index (κ1) is 32.0. The molecule has 0 saturated heterocycles. The van der Waals surface area contributed by atoms with Gasteiger partial charge in [-0.2, -0.15) is 0 Å². The second-order valence-corrected chi connectivity index (χ2v) is 14.6. The van der Waals surface area contributed by atoms with Crippen LogP contribution in [0.5, 0.6) is 0 Å². The van der Waals surface area contributed by atoms with Gasteiger partial charge in [-0.05, 0) is 110 Å². The highest BCUT2D eigenvalue weighted by molar-refractivity contribution is 6.25. The summed E-state index contributed by atoms with van der Waals surface area (Å²) in [6, 6.07) is 79.3. The molecule has 10 aromatic carbocycles. The van der Waals surface area contributed by atoms with Crippen LogP contribution in [0.4, 0.5) is 17.1 Å². The first-order valence-electron chi connectivity index (χ1n) is 19.3. The molecule has 0 spiro atoms. The van der Waals surface area contributed by atoms with E-state index in [4.69, 9.17) is 0 Å². The Balaban J connectivity index is 1.03. The minimum absolute atomic E-state index is 1.10. The summed E-state index contributed by atoms with van der Waals surface area (Å²) in [5.41, 5.74) is 14.2. The maximum atomic E-state index is 2.48. The van der Waals surface area contributed by atoms with Crippen LogP contribution in [-0.2, 0) is 0 Å². The summed E-state index contributed by atoms with van der Waals surface area (Å²) in [6.07, 6.45) is 0. The number of fused-ring (bicyclic) bond motifs is 1. The number of benzene rings is 10. The normalized spacial score (nSPS) is 11.6. The Bertz CT molecular complexity index is 3050. The zero-order chi connectivity index (χ0) is 37.0. The molecule has 0 saturated carbocycles. The van der Waals surface area contributed by atoms with Gasteiger partial charge < -0.3 is 9.47 Å². The highest BCUT2D eigenvalue weighted by Crippen LogP contribution is 2.43. The van der Waals surface area contributed by atoms with Crippen molar-refractivity contribution in [2.45, 2.75) is 0 Å². The first-order valence-corrected chi connectivity index (χ1v) is 19.3. The van der Waals surface area contributed by atoms with Gasteiger partial charge in [-0.15, -0.1) is 0 Å². The maximum absolute atomic E-state index is 2.48. The van der Waals surface area contributed by atoms with Gasteiger partial charge in [0.15, 0.2) is 0 Å². The molecule has 0 atom stereocenters. The summed E-state index contributed by atoms with van der Waals surface area (Å²) in [4.78, 5) is 2.35. The summed E-state index contributed by atoms with van der Waals surface area (Å²) in [6.45, 7) is 0. The van der Waals surface area contributed by atoms with Crippen molar-refractivity contribution >= 4 is 60.4 Å². The molecule has 11 aromatic rings. The number of hydrogen-bond acceptors (Lipinski definition) is 1. The van der Waals surface area contributed by atoms with E-state index in [1.165, 1.54) is 82.4 Å². The fourth-order valence-corrected chi connectivity index (χ4v) is 8.64. The number of anilines is 3. The quantitative estimate of drug-likeness (QED) is 0.149. The molecule has 262 valence electrons. The number of rotatable bonds is 7. The molecule has 0 amide bonds. The lowest BCUT2D eigenvalue weighted by atomic mass is 9.97. The lowest BCUT2D eigenvalue weighted by molar-refractivity contribution is 1.20. The van der Waals surface area contributed by atoms with Gasteiger partial charge in [0.25, 0.3) is 0 Å². The first-order chi connectivity index (χ1) is 27.8. The Hall–Kier alpha value is -7.42. The van der Waals surface area contributed by atoms with Gasteiger partial charge in [0, 0.05) is 33.2 Å². The predicted octanol–water partition coefficient (Wildman–Crippen LogP) is 15.0. The molecule has 0 aliphatic carbocycles. The van der Waals surface area contributed by atoms with Crippen molar-refractivity contribution in [1.82, 2.24) is 4.57 Å². The van der Waals surface area contributed by atoms with Crippen LogP contribution < -0.4 is 4.90 Å². The lowest BCUT2D eigenvalue weighted by Gasteiger charge is -2.26. The van der Waals surface area contributed by atoms with Crippen LogP contribution in [0.1, 0.15) is 0 Å². The van der Waals surface area contributed by atoms with E-state index in [1.54, 1.807) is 0 Å². The Morgan fingerprint density at radius 3 is 1.38 bits per heavy atom. The van der Waals surface area contributed by atoms with E-state index in [-0.39, 0.29) is 0 Å². The SMILES string of the molecule is c1ccc(-c2ccc(N(c3ccc(-c4ccccc4)cc3)c3ccc(-c4cc5ccc6cccc7c6c5c(c4)n7-c4cccc5ccccc45)cc3)cc2)cc1. The summed E-state index contributed by atoms with van der Waals surface area (Å²) < 4.78 is 2.48. The molecule has 0 aliphatic rings. The van der Waals surface area contributed by atoms with Crippen molar-refractivity contribution in [2.24, 2.45) is 0 Å². The summed E-state index contributed by atoms with van der Waals surface area (Å²) in [5, 5.41) is 7.65. The molecule has 0 radical (unpaired) electrons. The van der Waals surface area contributed by atoms with Gasteiger partial charge in [0.2, 0.25) is 0 Å². The van der Waals surface area contributed by atoms with Crippen molar-refractivity contribution < 1.29 is 0 Å². The molecule has 0 unspecified atom stereocenters. The third-order valence-electron chi connectivity index (χ3n) is 11.3. The number of aromatic nitrogens is 1. The third-order valence-corrected chi connectivity index (χ3v) is 11.3. The van der Waals surface area contributed by atoms with Crippen LogP contribution in [0.15, 0.2) is 218 Å². The van der Waals surface area contributed by atoms with E-state index in [9.17, 15) is 0 Å². The standard InChI is InChI=1S/C54H36N2/c1-3-11-37(12-4-1)39-23-29-46(30-24-39)55(47-31-25-40(26-32-47)38-13-5-2-6-14-38)48-33-27-41(28-34-48)45-35-44-22-21-43-17-10-20-51-53(43)54(44)52(36-45)56(51)50-19-9-16-42-15-7-8-18-49(42)50/h1-36H. The second kappa shape index (κ2) is 13.2. The molecule has 1 heterocycles. The zero-order valence-electron chi connectivity index (χ0n) is 30.7. The highest BCUT2D eigenvalue weighted by Gasteiger charge is 2.20. The van der Waals surface area contributed by atoms with Crippen molar-refractivity contribution in [3.05, 3.63) is 218 Å². The van der Waals surface area contributed by atoms with Crippen molar-refractivity contribution in [3.63, 3.8) is 0 Å². The van der Waals surface area contributed by atoms with Crippen LogP contribution in [0.2, 0.25) is 0 Å². The molecule has 2 heteroatoms. The van der Waals surface area contributed by atoms with E-state index in [0.29, 0.717) is 0 Å². The van der Waals surface area contributed by atoms with E-state index >= 15 is 0 Å². The molecular weight excluding hydrogens is 677 g/mol. The monoisotopic (exact) mass is 712 g/mol. The van der Waals surface area contributed by atoms with Crippen LogP contribution in [-0.4, -0.2) is 4.57 Å². The average Bonchev–Trinajstić information content (AvgIpc) is 3.62. The fraction of sp³-hybridized carbons (Fsp3) is 0. The molecule has 0 bridgehead atoms. The van der Waals surface area contributed by atoms with Crippen molar-refractivity contribution in [2.75, 3.05) is 4.90 Å². The van der Waals surface area contributed by atoms with E-state index < -0.39 is 0 Å². The minimum Gasteiger partial charge on any atom is -0.311 e. The molecule has 0 fully saturated rings. The molecule has 2 nitrogen and oxygen atoms in total. The summed E-state index contributed by atoms with van der Waals surface area (Å²) in [7, 11) is 0. The largest absolute Gasteiger partial charge is 0.311 e. The van der Waals surface area contributed by atoms with E-state index in [1.807, 2.05) is 0 Å². The Morgan fingerprint density at radius 1 is 0.286 bits per heavy atom. The van der Waals surface area contributed by atoms with Crippen molar-refractivity contribution in [3.8, 4) is 39.1 Å². The summed E-state index contributed by atoms with van der Waals surface area (Å²) >= 11 is 0. The summed E-state index contributed by atoms with van der Waals surface area (Å²) in [5.74, 6) is 0. The third kappa shape index (κ3) is 5.34. The lowest BCUT2D eigenvalue weighted by Crippen LogP contribution is -2.09. The Morgan fingerprint density at radius 2 is 0.750 bits per heavy atom. The van der Waals surface area contributed by atoms with Crippen LogP contribution in [0.25, 0.3) is 82.4 Å². The topological polar surface area (TPSA) is 8.17 Å². The van der Waals surface area contributed by atoms with Gasteiger partial charge in [0.05, 0.1) is 16.7 Å². The van der Waals surface area contributed by atoms with Crippen molar-refractivity contribution in [1.29, 1.82) is 0 Å². The molecule has 56 heavy (non-hydrogen) atoms. The molecular formula is C54H36N2. The van der Waals surface area contributed by atoms with Gasteiger partial charge >= 0.3 is 0 Å². The van der Waals surface area contributed by atoms with E-state index in [2.05, 4.69) is 228 Å². The molecule has 1 aromatic heterocycles. The van der Waals surface area contributed by atoms with Gasteiger partial charge in [-0.25, -0.2) is 0 Å². The average molecular weight is 713 g/mol. The zero-order valence-corrected chi connectivity index (χ0v) is 30.7. The Kier molecular flexibility index (Phi) is 7.53. The highest BCUT2D eigenvalue weighted by atomic mass is 15.1. The molecule has 0 N–H and O–H groups in total. The van der Waals surface area contributed by atoms with E-state index in [0.717, 1.165) is 17.1 Å². The van der Waals surface area contributed by atoms with Crippen LogP contribution >= 0.6 is 0 Å². The maximum Gasteiger partial charge on any atom is 0.0553 e. The van der Waals surface area contributed by atoms with Gasteiger partial charge in [0.1, 0.15) is 0 Å². The smallest absolute Gasteiger partial charge is 0.0553 e. The minimum atomic E-state index is 1.10. The number of hydrogen-bond donors (Lipinski definition) is 0.